The van der Waals surface area contributed by atoms with Crippen molar-refractivity contribution in [2.75, 3.05) is 32.2 Å². The third-order valence-electron chi connectivity index (χ3n) is 6.27. The Bertz CT molecular complexity index is 1270. The minimum absolute atomic E-state index is 0.0108. The summed E-state index contributed by atoms with van der Waals surface area (Å²) >= 11 is 0. The molecule has 1 unspecified atom stereocenters. The first kappa shape index (κ1) is 24.5. The third-order valence-corrected chi connectivity index (χ3v) is 6.27. The van der Waals surface area contributed by atoms with E-state index in [4.69, 9.17) is 15.3 Å². The van der Waals surface area contributed by atoms with Crippen LogP contribution < -0.4 is 26.1 Å². The highest BCUT2D eigenvalue weighted by Gasteiger charge is 2.34. The van der Waals surface area contributed by atoms with Crippen molar-refractivity contribution in [3.8, 4) is 5.75 Å². The molecule has 1 aliphatic carbocycles. The van der Waals surface area contributed by atoms with Crippen LogP contribution in [0.25, 0.3) is 10.9 Å². The van der Waals surface area contributed by atoms with Crippen LogP contribution in [0.15, 0.2) is 22.2 Å². The summed E-state index contributed by atoms with van der Waals surface area (Å²) in [5.74, 6) is -2.37. The zero-order chi connectivity index (χ0) is 25.4. The Morgan fingerprint density at radius 2 is 2.06 bits per heavy atom. The van der Waals surface area contributed by atoms with E-state index in [9.17, 15) is 19.5 Å². The van der Waals surface area contributed by atoms with Crippen molar-refractivity contribution in [2.24, 2.45) is 10.9 Å². The number of rotatable bonds is 7. The largest absolute Gasteiger partial charge is 0.492 e. The standard InChI is InChI=1S/C23H28FN5O6/c1-11(25)22(31)26-17-10-28(7-6-16(17)27-35-3)19-15(24)8-13-18(21(19)34-2)29(12-4-5-12)9-14(20(13)30)23(32)33/h8-9,11-12,17H,4-7,10,25H2,1-3H3,(H,26,31)(H,32,33)/b27-16+/t11-,17?/m0/s1. The number of aromatic nitrogens is 1. The first-order valence-electron chi connectivity index (χ1n) is 11.3. The molecule has 2 aliphatic rings. The van der Waals surface area contributed by atoms with Gasteiger partial charge in [0, 0.05) is 31.7 Å². The second-order valence-electron chi connectivity index (χ2n) is 8.76. The molecule has 2 heterocycles. The van der Waals surface area contributed by atoms with E-state index < -0.39 is 40.8 Å². The normalized spacial score (nSPS) is 20.1. The van der Waals surface area contributed by atoms with Gasteiger partial charge in [0.05, 0.1) is 35.8 Å². The fraction of sp³-hybridized carbons (Fsp3) is 0.478. The van der Waals surface area contributed by atoms with Crippen LogP contribution in [0.2, 0.25) is 0 Å². The number of nitrogens with two attached hydrogens (primary N) is 1. The van der Waals surface area contributed by atoms with Crippen molar-refractivity contribution >= 4 is 34.2 Å². The molecule has 1 amide bonds. The number of carboxylic acids is 1. The number of anilines is 1. The molecule has 0 spiro atoms. The molecule has 0 radical (unpaired) electrons. The Balaban J connectivity index is 1.85. The van der Waals surface area contributed by atoms with E-state index in [0.717, 1.165) is 18.9 Å². The van der Waals surface area contributed by atoms with Crippen LogP contribution in [-0.2, 0) is 9.63 Å². The summed E-state index contributed by atoms with van der Waals surface area (Å²) in [6, 6.07) is -0.294. The number of hydrogen-bond acceptors (Lipinski definition) is 8. The van der Waals surface area contributed by atoms with Gasteiger partial charge in [-0.2, -0.15) is 0 Å². The van der Waals surface area contributed by atoms with Crippen LogP contribution in [0.3, 0.4) is 0 Å². The molecule has 1 aromatic heterocycles. The molecular formula is C23H28FN5O6. The number of carbonyl (C=O) groups excluding carboxylic acids is 1. The molecule has 0 bridgehead atoms. The predicted molar refractivity (Wildman–Crippen MR) is 127 cm³/mol. The van der Waals surface area contributed by atoms with Gasteiger partial charge in [-0.15, -0.1) is 0 Å². The van der Waals surface area contributed by atoms with Crippen LogP contribution in [0.1, 0.15) is 42.6 Å². The zero-order valence-corrected chi connectivity index (χ0v) is 19.7. The molecule has 2 fully saturated rings. The van der Waals surface area contributed by atoms with Gasteiger partial charge in [-0.05, 0) is 25.8 Å². The summed E-state index contributed by atoms with van der Waals surface area (Å²) in [7, 11) is 2.78. The van der Waals surface area contributed by atoms with Gasteiger partial charge >= 0.3 is 5.97 Å². The fourth-order valence-electron chi connectivity index (χ4n) is 4.43. The minimum atomic E-state index is -1.37. The van der Waals surface area contributed by atoms with E-state index in [-0.39, 0.29) is 29.4 Å². The Kier molecular flexibility index (Phi) is 6.66. The topological polar surface area (TPSA) is 148 Å². The summed E-state index contributed by atoms with van der Waals surface area (Å²) in [5.41, 5.74) is 5.55. The number of benzene rings is 1. The van der Waals surface area contributed by atoms with E-state index in [1.807, 2.05) is 0 Å². The number of oxime groups is 1. The lowest BCUT2D eigenvalue weighted by molar-refractivity contribution is -0.122. The zero-order valence-electron chi connectivity index (χ0n) is 19.7. The summed E-state index contributed by atoms with van der Waals surface area (Å²) in [4.78, 5) is 43.5. The summed E-state index contributed by atoms with van der Waals surface area (Å²) < 4.78 is 22.9. The van der Waals surface area contributed by atoms with E-state index in [0.29, 0.717) is 24.2 Å². The van der Waals surface area contributed by atoms with E-state index in [2.05, 4.69) is 10.5 Å². The van der Waals surface area contributed by atoms with Crippen molar-refractivity contribution in [1.29, 1.82) is 0 Å². The highest BCUT2D eigenvalue weighted by Crippen LogP contribution is 2.44. The lowest BCUT2D eigenvalue weighted by Gasteiger charge is -2.36. The number of methoxy groups -OCH3 is 1. The number of ether oxygens (including phenoxy) is 1. The number of piperidine rings is 1. The fourth-order valence-corrected chi connectivity index (χ4v) is 4.43. The van der Waals surface area contributed by atoms with Crippen LogP contribution in [0.4, 0.5) is 10.1 Å². The van der Waals surface area contributed by atoms with Gasteiger partial charge in [-0.25, -0.2) is 9.18 Å². The lowest BCUT2D eigenvalue weighted by Crippen LogP contribution is -2.56. The van der Waals surface area contributed by atoms with Gasteiger partial charge in [0.2, 0.25) is 11.3 Å². The second-order valence-corrected chi connectivity index (χ2v) is 8.76. The first-order chi connectivity index (χ1) is 16.7. The molecule has 1 saturated carbocycles. The number of hydrogen-bond donors (Lipinski definition) is 3. The molecule has 1 aromatic carbocycles. The monoisotopic (exact) mass is 489 g/mol. The molecule has 35 heavy (non-hydrogen) atoms. The number of amides is 1. The number of fused-ring (bicyclic) bond motifs is 1. The van der Waals surface area contributed by atoms with Crippen LogP contribution in [0, 0.1) is 5.82 Å². The van der Waals surface area contributed by atoms with E-state index in [1.54, 1.807) is 16.4 Å². The number of aromatic carboxylic acids is 1. The number of pyridine rings is 1. The smallest absolute Gasteiger partial charge is 0.341 e. The molecule has 4 N–H and O–H groups in total. The predicted octanol–water partition coefficient (Wildman–Crippen LogP) is 1.23. The molecule has 4 rings (SSSR count). The number of carbonyl (C=O) groups is 2. The number of nitrogens with zero attached hydrogens (tertiary/aromatic N) is 3. The van der Waals surface area contributed by atoms with Gasteiger partial charge < -0.3 is 35.2 Å². The maximum Gasteiger partial charge on any atom is 0.341 e. The SMILES string of the molecule is CO/N=C1\CCN(c2c(F)cc3c(=O)c(C(=O)O)cn(C4CC4)c3c2OC)CC1NC(=O)[C@H](C)N. The second kappa shape index (κ2) is 9.53. The molecule has 12 heteroatoms. The van der Waals surface area contributed by atoms with Gasteiger partial charge in [-0.3, -0.25) is 9.59 Å². The molecular weight excluding hydrogens is 461 g/mol. The van der Waals surface area contributed by atoms with Crippen molar-refractivity contribution < 1.29 is 28.7 Å². The molecule has 1 saturated heterocycles. The van der Waals surface area contributed by atoms with Gasteiger partial charge in [0.1, 0.15) is 18.4 Å². The van der Waals surface area contributed by atoms with Crippen molar-refractivity contribution in [2.45, 2.75) is 44.3 Å². The summed E-state index contributed by atoms with van der Waals surface area (Å²) in [6.45, 7) is 2.05. The van der Waals surface area contributed by atoms with E-state index in [1.165, 1.54) is 20.4 Å². The first-order valence-corrected chi connectivity index (χ1v) is 11.3. The van der Waals surface area contributed by atoms with Gasteiger partial charge in [0.25, 0.3) is 0 Å². The Hall–Kier alpha value is -3.67. The van der Waals surface area contributed by atoms with Crippen LogP contribution in [0.5, 0.6) is 5.75 Å². The van der Waals surface area contributed by atoms with Crippen LogP contribution in [-0.4, -0.2) is 66.7 Å². The van der Waals surface area contributed by atoms with Crippen molar-refractivity contribution in [3.05, 3.63) is 33.9 Å². The summed E-state index contributed by atoms with van der Waals surface area (Å²) in [5, 5.41) is 16.3. The number of nitrogens with one attached hydrogen (secondary N) is 1. The maximum absolute atomic E-state index is 15.6. The van der Waals surface area contributed by atoms with Gasteiger partial charge in [-0.1, -0.05) is 5.16 Å². The Morgan fingerprint density at radius 1 is 1.34 bits per heavy atom. The molecule has 1 aliphatic heterocycles. The van der Waals surface area contributed by atoms with Crippen molar-refractivity contribution in [1.82, 2.24) is 9.88 Å². The average molecular weight is 490 g/mol. The average Bonchev–Trinajstić information content (AvgIpc) is 3.65. The number of halogens is 1. The minimum Gasteiger partial charge on any atom is -0.492 e. The van der Waals surface area contributed by atoms with Gasteiger partial charge in [0.15, 0.2) is 11.6 Å². The molecule has 11 nitrogen and oxygen atoms in total. The highest BCUT2D eigenvalue weighted by atomic mass is 19.1. The molecule has 188 valence electrons. The van der Waals surface area contributed by atoms with E-state index >= 15 is 4.39 Å². The highest BCUT2D eigenvalue weighted by molar-refractivity contribution is 5.99. The Labute approximate surface area is 200 Å². The number of carboxylic acid groups (broad SMARTS) is 1. The Morgan fingerprint density at radius 3 is 2.63 bits per heavy atom. The third kappa shape index (κ3) is 4.53. The molecule has 2 aromatic rings. The molecule has 2 atom stereocenters. The quantitative estimate of drug-likeness (QED) is 0.492. The van der Waals surface area contributed by atoms with Crippen molar-refractivity contribution in [3.63, 3.8) is 0 Å². The van der Waals surface area contributed by atoms with Crippen LogP contribution >= 0.6 is 0 Å². The lowest BCUT2D eigenvalue weighted by atomic mass is 10.0. The maximum atomic E-state index is 15.6. The summed E-state index contributed by atoms with van der Waals surface area (Å²) in [6.07, 6.45) is 3.28.